The number of rotatable bonds is 8. The Labute approximate surface area is 198 Å². The van der Waals surface area contributed by atoms with Gasteiger partial charge < -0.3 is 19.8 Å². The molecule has 0 aromatic heterocycles. The Morgan fingerprint density at radius 2 is 1.71 bits per heavy atom. The lowest BCUT2D eigenvalue weighted by molar-refractivity contribution is -0.139. The molecule has 0 spiro atoms. The van der Waals surface area contributed by atoms with Crippen molar-refractivity contribution >= 4 is 17.4 Å². The summed E-state index contributed by atoms with van der Waals surface area (Å²) < 4.78 is 5.59. The van der Waals surface area contributed by atoms with Crippen molar-refractivity contribution in [2.75, 3.05) is 13.2 Å². The van der Waals surface area contributed by atoms with Crippen molar-refractivity contribution < 1.29 is 24.5 Å². The molecule has 1 unspecified atom stereocenters. The number of hydrogen-bond donors (Lipinski definition) is 2. The number of carbonyl (C=O) groups excluding carboxylic acids is 2. The first-order valence-corrected chi connectivity index (χ1v) is 11.3. The van der Waals surface area contributed by atoms with Crippen LogP contribution in [0.3, 0.4) is 0 Å². The molecule has 0 aliphatic carbocycles. The largest absolute Gasteiger partial charge is 0.508 e. The predicted octanol–water partition coefficient (Wildman–Crippen LogP) is 4.85. The highest BCUT2D eigenvalue weighted by molar-refractivity contribution is 6.46. The quantitative estimate of drug-likeness (QED) is 0.287. The number of hydrogen-bond acceptors (Lipinski definition) is 5. The summed E-state index contributed by atoms with van der Waals surface area (Å²) in [5.41, 5.74) is 2.00. The molecule has 1 atom stereocenters. The molecule has 1 heterocycles. The van der Waals surface area contributed by atoms with Gasteiger partial charge in [0, 0.05) is 12.1 Å². The van der Waals surface area contributed by atoms with Gasteiger partial charge in [-0.15, -0.1) is 0 Å². The third kappa shape index (κ3) is 4.81. The van der Waals surface area contributed by atoms with Gasteiger partial charge in [0.05, 0.1) is 18.2 Å². The summed E-state index contributed by atoms with van der Waals surface area (Å²) in [7, 11) is 0. The van der Waals surface area contributed by atoms with Gasteiger partial charge in [-0.2, -0.15) is 0 Å². The van der Waals surface area contributed by atoms with Gasteiger partial charge in [-0.25, -0.2) is 0 Å². The zero-order valence-electron chi connectivity index (χ0n) is 19.0. The molecule has 1 amide bonds. The highest BCUT2D eigenvalue weighted by atomic mass is 16.5. The number of phenolic OH excluding ortho intramolecular Hbond substituents is 1. The average molecular weight is 458 g/mol. The molecule has 2 N–H and O–H groups in total. The number of phenols is 1. The fourth-order valence-electron chi connectivity index (χ4n) is 4.13. The summed E-state index contributed by atoms with van der Waals surface area (Å²) in [6, 6.07) is 22.1. The van der Waals surface area contributed by atoms with Gasteiger partial charge in [0.1, 0.15) is 17.3 Å². The molecule has 3 aromatic carbocycles. The number of aromatic hydroxyl groups is 1. The molecule has 6 nitrogen and oxygen atoms in total. The second-order valence-corrected chi connectivity index (χ2v) is 8.20. The van der Waals surface area contributed by atoms with Gasteiger partial charge in [0.25, 0.3) is 11.7 Å². The third-order valence-electron chi connectivity index (χ3n) is 5.81. The second kappa shape index (κ2) is 10.3. The number of ketones is 1. The van der Waals surface area contributed by atoms with Crippen molar-refractivity contribution in [2.45, 2.75) is 25.8 Å². The monoisotopic (exact) mass is 457 g/mol. The Bertz CT molecular complexity index is 1200. The highest BCUT2D eigenvalue weighted by Crippen LogP contribution is 2.40. The van der Waals surface area contributed by atoms with E-state index in [2.05, 4.69) is 0 Å². The van der Waals surface area contributed by atoms with E-state index in [1.807, 2.05) is 37.3 Å². The lowest BCUT2D eigenvalue weighted by Gasteiger charge is -2.25. The number of carbonyl (C=O) groups is 2. The average Bonchev–Trinajstić information content (AvgIpc) is 3.11. The predicted molar refractivity (Wildman–Crippen MR) is 129 cm³/mol. The highest BCUT2D eigenvalue weighted by Gasteiger charge is 2.45. The van der Waals surface area contributed by atoms with Crippen LogP contribution in [-0.4, -0.2) is 40.0 Å². The fraction of sp³-hybridized carbons (Fsp3) is 0.214. The first kappa shape index (κ1) is 23.1. The summed E-state index contributed by atoms with van der Waals surface area (Å²) >= 11 is 0. The number of Topliss-reactive ketones (excluding diaryl/α,β-unsaturated/α-hetero) is 1. The molecule has 0 radical (unpaired) electrons. The molecule has 34 heavy (non-hydrogen) atoms. The minimum Gasteiger partial charge on any atom is -0.508 e. The van der Waals surface area contributed by atoms with Crippen LogP contribution in [0.25, 0.3) is 5.76 Å². The van der Waals surface area contributed by atoms with Crippen molar-refractivity contribution in [3.63, 3.8) is 0 Å². The number of aliphatic hydroxyl groups is 1. The van der Waals surface area contributed by atoms with Crippen LogP contribution < -0.4 is 4.74 Å². The second-order valence-electron chi connectivity index (χ2n) is 8.20. The Morgan fingerprint density at radius 3 is 2.38 bits per heavy atom. The van der Waals surface area contributed by atoms with E-state index >= 15 is 0 Å². The Balaban J connectivity index is 1.73. The van der Waals surface area contributed by atoms with Gasteiger partial charge >= 0.3 is 0 Å². The SMILES string of the molecule is CCCOc1ccc(/C(O)=C2\C(=O)C(=O)N(CCc3ccccc3)C2c2cccc(O)c2)cc1. The minimum absolute atomic E-state index is 0.00545. The van der Waals surface area contributed by atoms with E-state index < -0.39 is 17.7 Å². The van der Waals surface area contributed by atoms with Gasteiger partial charge in [-0.05, 0) is 60.4 Å². The van der Waals surface area contributed by atoms with Crippen molar-refractivity contribution in [2.24, 2.45) is 0 Å². The lowest BCUT2D eigenvalue weighted by atomic mass is 9.95. The van der Waals surface area contributed by atoms with Crippen molar-refractivity contribution in [1.29, 1.82) is 0 Å². The van der Waals surface area contributed by atoms with E-state index in [9.17, 15) is 19.8 Å². The Kier molecular flexibility index (Phi) is 6.97. The standard InChI is InChI=1S/C28H27NO5/c1-2-17-34-23-13-11-20(12-14-23)26(31)24-25(21-9-6-10-22(30)18-21)29(28(33)27(24)32)16-15-19-7-4-3-5-8-19/h3-14,18,25,30-31H,2,15-17H2,1H3/b26-24+. The first-order valence-electron chi connectivity index (χ1n) is 11.3. The molecule has 1 aliphatic rings. The molecule has 1 saturated heterocycles. The van der Waals surface area contributed by atoms with Crippen LogP contribution in [0.15, 0.2) is 84.4 Å². The van der Waals surface area contributed by atoms with E-state index in [1.54, 1.807) is 36.4 Å². The van der Waals surface area contributed by atoms with E-state index in [-0.39, 0.29) is 23.6 Å². The van der Waals surface area contributed by atoms with Crippen LogP contribution in [0.2, 0.25) is 0 Å². The Hall–Kier alpha value is -4.06. The van der Waals surface area contributed by atoms with E-state index in [1.165, 1.54) is 17.0 Å². The van der Waals surface area contributed by atoms with Gasteiger partial charge in [0.2, 0.25) is 0 Å². The maximum Gasteiger partial charge on any atom is 0.295 e. The van der Waals surface area contributed by atoms with Crippen LogP contribution in [0, 0.1) is 0 Å². The molecule has 0 bridgehead atoms. The van der Waals surface area contributed by atoms with Crippen molar-refractivity contribution in [3.05, 3.63) is 101 Å². The van der Waals surface area contributed by atoms with Crippen molar-refractivity contribution in [3.8, 4) is 11.5 Å². The molecular weight excluding hydrogens is 430 g/mol. The summed E-state index contributed by atoms with van der Waals surface area (Å²) in [6.45, 7) is 2.88. The number of nitrogens with zero attached hydrogens (tertiary/aromatic N) is 1. The van der Waals surface area contributed by atoms with Gasteiger partial charge in [0.15, 0.2) is 0 Å². The molecule has 3 aromatic rings. The number of aliphatic hydroxyl groups excluding tert-OH is 1. The molecule has 6 heteroatoms. The van der Waals surface area contributed by atoms with E-state index in [4.69, 9.17) is 4.74 Å². The lowest BCUT2D eigenvalue weighted by Crippen LogP contribution is -2.31. The van der Waals surface area contributed by atoms with Gasteiger partial charge in [-0.1, -0.05) is 49.4 Å². The maximum absolute atomic E-state index is 13.1. The first-order chi connectivity index (χ1) is 16.5. The smallest absolute Gasteiger partial charge is 0.295 e. The zero-order valence-corrected chi connectivity index (χ0v) is 19.0. The summed E-state index contributed by atoms with van der Waals surface area (Å²) in [4.78, 5) is 27.7. The van der Waals surface area contributed by atoms with E-state index in [0.717, 1.165) is 12.0 Å². The van der Waals surface area contributed by atoms with Crippen LogP contribution in [0.4, 0.5) is 0 Å². The zero-order chi connectivity index (χ0) is 24.1. The van der Waals surface area contributed by atoms with Crippen LogP contribution in [-0.2, 0) is 16.0 Å². The molecule has 174 valence electrons. The molecule has 0 saturated carbocycles. The number of amides is 1. The summed E-state index contributed by atoms with van der Waals surface area (Å²) in [5, 5.41) is 21.2. The molecule has 1 fully saturated rings. The third-order valence-corrected chi connectivity index (χ3v) is 5.81. The number of likely N-dealkylation sites (tertiary alicyclic amines) is 1. The van der Waals surface area contributed by atoms with Crippen LogP contribution >= 0.6 is 0 Å². The summed E-state index contributed by atoms with van der Waals surface area (Å²) in [6.07, 6.45) is 1.42. The maximum atomic E-state index is 13.1. The van der Waals surface area contributed by atoms with Crippen molar-refractivity contribution in [1.82, 2.24) is 4.90 Å². The molecular formula is C28H27NO5. The fourth-order valence-corrected chi connectivity index (χ4v) is 4.13. The van der Waals surface area contributed by atoms with Gasteiger partial charge in [-0.3, -0.25) is 9.59 Å². The molecule has 4 rings (SSSR count). The van der Waals surface area contributed by atoms with E-state index in [0.29, 0.717) is 29.9 Å². The van der Waals surface area contributed by atoms with Crippen LogP contribution in [0.5, 0.6) is 11.5 Å². The minimum atomic E-state index is -0.813. The normalized spacial score (nSPS) is 17.2. The molecule has 1 aliphatic heterocycles. The Morgan fingerprint density at radius 1 is 0.971 bits per heavy atom. The van der Waals surface area contributed by atoms with Crippen LogP contribution in [0.1, 0.15) is 36.1 Å². The number of ether oxygens (including phenoxy) is 1. The summed E-state index contributed by atoms with van der Waals surface area (Å²) in [5.74, 6) is -0.996. The topological polar surface area (TPSA) is 87.1 Å². The number of benzene rings is 3.